The molecule has 3 unspecified atom stereocenters. The van der Waals surface area contributed by atoms with E-state index in [1.165, 1.54) is 17.3 Å². The van der Waals surface area contributed by atoms with Crippen LogP contribution in [0.4, 0.5) is 10.5 Å². The molecule has 1 aromatic rings. The minimum Gasteiger partial charge on any atom is -0.379 e. The van der Waals surface area contributed by atoms with E-state index in [9.17, 15) is 22.8 Å². The van der Waals surface area contributed by atoms with Gasteiger partial charge in [0.05, 0.1) is 18.1 Å². The molecule has 3 atom stereocenters. The summed E-state index contributed by atoms with van der Waals surface area (Å²) >= 11 is 0. The number of hydrogen-bond donors (Lipinski definition) is 2. The van der Waals surface area contributed by atoms with Crippen LogP contribution in [0.2, 0.25) is 0 Å². The van der Waals surface area contributed by atoms with Crippen molar-refractivity contribution in [2.24, 2.45) is 5.92 Å². The molecular formula is C23H32N4O6S. The van der Waals surface area contributed by atoms with E-state index in [-0.39, 0.29) is 35.5 Å². The highest BCUT2D eigenvalue weighted by molar-refractivity contribution is 7.89. The molecule has 1 aromatic carbocycles. The number of hydrogen-bond acceptors (Lipinski definition) is 6. The Bertz CT molecular complexity index is 1100. The second-order valence-electron chi connectivity index (χ2n) is 9.39. The van der Waals surface area contributed by atoms with Crippen molar-refractivity contribution < 1.29 is 27.5 Å². The summed E-state index contributed by atoms with van der Waals surface area (Å²) in [5.41, 5.74) is -0.116. The normalized spacial score (nSPS) is 27.0. The molecule has 0 aromatic heterocycles. The zero-order valence-electron chi connectivity index (χ0n) is 19.8. The van der Waals surface area contributed by atoms with Crippen LogP contribution in [0.5, 0.6) is 0 Å². The first kappa shape index (κ1) is 24.6. The number of ether oxygens (including phenoxy) is 1. The highest BCUT2D eigenvalue weighted by Crippen LogP contribution is 2.39. The first-order valence-corrected chi connectivity index (χ1v) is 13.2. The predicted octanol–water partition coefficient (Wildman–Crippen LogP) is 1.84. The smallest absolute Gasteiger partial charge is 0.325 e. The Morgan fingerprint density at radius 2 is 1.94 bits per heavy atom. The third-order valence-electron chi connectivity index (χ3n) is 7.26. The van der Waals surface area contributed by atoms with Gasteiger partial charge in [0, 0.05) is 18.8 Å². The number of morpholine rings is 1. The number of nitrogens with one attached hydrogen (secondary N) is 2. The Kier molecular flexibility index (Phi) is 6.71. The molecule has 3 aliphatic rings. The monoisotopic (exact) mass is 492 g/mol. The summed E-state index contributed by atoms with van der Waals surface area (Å²) in [6.07, 6.45) is 3.24. The molecule has 11 heteroatoms. The Morgan fingerprint density at radius 1 is 1.24 bits per heavy atom. The average molecular weight is 493 g/mol. The zero-order valence-corrected chi connectivity index (χ0v) is 20.6. The highest BCUT2D eigenvalue weighted by atomic mass is 32.2. The van der Waals surface area contributed by atoms with E-state index in [1.54, 1.807) is 19.1 Å². The lowest BCUT2D eigenvalue weighted by Gasteiger charge is -2.37. The van der Waals surface area contributed by atoms with E-state index in [0.717, 1.165) is 24.2 Å². The van der Waals surface area contributed by atoms with Gasteiger partial charge in [-0.25, -0.2) is 18.1 Å². The molecule has 2 saturated heterocycles. The second kappa shape index (κ2) is 9.27. The minimum absolute atomic E-state index is 0.0111. The van der Waals surface area contributed by atoms with Crippen molar-refractivity contribution in [1.29, 1.82) is 0 Å². The molecule has 4 rings (SSSR count). The predicted molar refractivity (Wildman–Crippen MR) is 125 cm³/mol. The largest absolute Gasteiger partial charge is 0.379 e. The molecular weight excluding hydrogens is 460 g/mol. The van der Waals surface area contributed by atoms with Gasteiger partial charge in [0.15, 0.2) is 0 Å². The molecule has 0 radical (unpaired) electrons. The summed E-state index contributed by atoms with van der Waals surface area (Å²) in [7, 11) is -3.76. The lowest BCUT2D eigenvalue weighted by Crippen LogP contribution is -2.54. The lowest BCUT2D eigenvalue weighted by molar-refractivity contribution is -0.138. The van der Waals surface area contributed by atoms with Gasteiger partial charge in [0.25, 0.3) is 5.91 Å². The van der Waals surface area contributed by atoms with Gasteiger partial charge in [-0.2, -0.15) is 4.31 Å². The highest BCUT2D eigenvalue weighted by Gasteiger charge is 2.56. The van der Waals surface area contributed by atoms with Crippen molar-refractivity contribution in [3.63, 3.8) is 0 Å². The van der Waals surface area contributed by atoms with Crippen molar-refractivity contribution >= 4 is 33.6 Å². The Hall–Kier alpha value is -2.50. The van der Waals surface area contributed by atoms with Gasteiger partial charge in [-0.05, 0) is 50.3 Å². The molecule has 1 aliphatic carbocycles. The Morgan fingerprint density at radius 3 is 2.62 bits per heavy atom. The molecule has 10 nitrogen and oxygen atoms in total. The fourth-order valence-electron chi connectivity index (χ4n) is 5.06. The fraction of sp³-hybridized carbons (Fsp3) is 0.609. The van der Waals surface area contributed by atoms with Crippen LogP contribution in [0.3, 0.4) is 0 Å². The SMILES string of the molecule is Cc1ccc(NC(=O)C(C)N2C(=O)NC3(CCCCC3C)C2=O)cc1S(=O)(=O)N1CCOCC1. The quantitative estimate of drug-likeness (QED) is 0.605. The molecule has 1 saturated carbocycles. The van der Waals surface area contributed by atoms with Crippen LogP contribution in [-0.4, -0.2) is 73.4 Å². The van der Waals surface area contributed by atoms with Crippen LogP contribution in [0.25, 0.3) is 0 Å². The van der Waals surface area contributed by atoms with Crippen molar-refractivity contribution in [2.45, 2.75) is 62.9 Å². The molecule has 1 spiro atoms. The summed E-state index contributed by atoms with van der Waals surface area (Å²) in [5.74, 6) is -0.947. The molecule has 34 heavy (non-hydrogen) atoms. The van der Waals surface area contributed by atoms with Gasteiger partial charge in [-0.1, -0.05) is 25.8 Å². The van der Waals surface area contributed by atoms with Crippen LogP contribution in [0, 0.1) is 12.8 Å². The van der Waals surface area contributed by atoms with E-state index in [1.807, 2.05) is 6.92 Å². The summed E-state index contributed by atoms with van der Waals surface area (Å²) in [6, 6.07) is 3.03. The van der Waals surface area contributed by atoms with Crippen molar-refractivity contribution in [2.75, 3.05) is 31.6 Å². The van der Waals surface area contributed by atoms with Crippen molar-refractivity contribution in [3.05, 3.63) is 23.8 Å². The topological polar surface area (TPSA) is 125 Å². The van der Waals surface area contributed by atoms with Crippen LogP contribution >= 0.6 is 0 Å². The number of rotatable bonds is 5. The van der Waals surface area contributed by atoms with Crippen LogP contribution in [0.1, 0.15) is 45.1 Å². The number of amides is 4. The number of urea groups is 1. The molecule has 4 amide bonds. The van der Waals surface area contributed by atoms with Gasteiger partial charge in [-0.3, -0.25) is 9.59 Å². The summed E-state index contributed by atoms with van der Waals surface area (Å²) in [4.78, 5) is 40.1. The summed E-state index contributed by atoms with van der Waals surface area (Å²) < 4.78 is 32.9. The first-order chi connectivity index (χ1) is 16.1. The van der Waals surface area contributed by atoms with E-state index in [4.69, 9.17) is 4.74 Å². The second-order valence-corrected chi connectivity index (χ2v) is 11.3. The number of carbonyl (C=O) groups excluding carboxylic acids is 3. The zero-order chi connectivity index (χ0) is 24.7. The van der Waals surface area contributed by atoms with E-state index in [0.29, 0.717) is 25.2 Å². The molecule has 2 heterocycles. The van der Waals surface area contributed by atoms with Gasteiger partial charge < -0.3 is 15.4 Å². The summed E-state index contributed by atoms with van der Waals surface area (Å²) in [6.45, 7) is 6.34. The Balaban J connectivity index is 1.52. The van der Waals surface area contributed by atoms with E-state index in [2.05, 4.69) is 10.6 Å². The standard InChI is InChI=1S/C23H32N4O6S/c1-15-7-8-18(14-19(15)34(31,32)26-10-12-33-13-11-26)24-20(28)17(3)27-21(29)23(25-22(27)30)9-5-4-6-16(23)2/h7-8,14,16-17H,4-6,9-13H2,1-3H3,(H,24,28)(H,25,30). The minimum atomic E-state index is -3.76. The maximum Gasteiger partial charge on any atom is 0.325 e. The number of nitrogens with zero attached hydrogens (tertiary/aromatic N) is 2. The van der Waals surface area contributed by atoms with Gasteiger partial charge in [-0.15, -0.1) is 0 Å². The van der Waals surface area contributed by atoms with Crippen LogP contribution < -0.4 is 10.6 Å². The molecule has 2 aliphatic heterocycles. The maximum atomic E-state index is 13.3. The number of anilines is 1. The van der Waals surface area contributed by atoms with E-state index < -0.39 is 33.5 Å². The number of carbonyl (C=O) groups is 3. The number of benzene rings is 1. The maximum absolute atomic E-state index is 13.3. The fourth-order valence-corrected chi connectivity index (χ4v) is 6.72. The average Bonchev–Trinajstić information content (AvgIpc) is 3.06. The molecule has 3 fully saturated rings. The third-order valence-corrected chi connectivity index (χ3v) is 9.30. The van der Waals surface area contributed by atoms with Gasteiger partial charge in [0.1, 0.15) is 11.6 Å². The third kappa shape index (κ3) is 4.20. The van der Waals surface area contributed by atoms with Crippen LogP contribution in [-0.2, 0) is 24.3 Å². The lowest BCUT2D eigenvalue weighted by atomic mass is 9.73. The first-order valence-electron chi connectivity index (χ1n) is 11.7. The number of sulfonamides is 1. The van der Waals surface area contributed by atoms with Crippen molar-refractivity contribution in [3.8, 4) is 0 Å². The summed E-state index contributed by atoms with van der Waals surface area (Å²) in [5, 5.41) is 5.54. The van der Waals surface area contributed by atoms with Gasteiger partial charge in [0.2, 0.25) is 15.9 Å². The van der Waals surface area contributed by atoms with E-state index >= 15 is 0 Å². The molecule has 2 N–H and O–H groups in total. The molecule has 186 valence electrons. The number of imide groups is 1. The molecule has 0 bridgehead atoms. The van der Waals surface area contributed by atoms with Gasteiger partial charge >= 0.3 is 6.03 Å². The Labute approximate surface area is 200 Å². The number of aryl methyl sites for hydroxylation is 1. The van der Waals surface area contributed by atoms with Crippen molar-refractivity contribution in [1.82, 2.24) is 14.5 Å². The van der Waals surface area contributed by atoms with Crippen LogP contribution in [0.15, 0.2) is 23.1 Å².